The molecule has 0 fully saturated rings. The average molecular weight is 421 g/mol. The fourth-order valence-corrected chi connectivity index (χ4v) is 3.68. The molecule has 0 unspecified atom stereocenters. The van der Waals surface area contributed by atoms with E-state index in [-0.39, 0.29) is 5.56 Å². The maximum atomic E-state index is 11.5. The van der Waals surface area contributed by atoms with Crippen molar-refractivity contribution in [3.63, 3.8) is 0 Å². The standard InChI is InChI=1S/C25H32N4O2/c1-3-5-7-9-23-27-24(10-8-6-4-2)29(28-23)18-19-11-13-20(14-12-19)22-17-26-16-15-21(22)25(30)31/h11-17H,3-10,18H2,1-2H3,(H,30,31). The summed E-state index contributed by atoms with van der Waals surface area (Å²) < 4.78 is 2.04. The lowest BCUT2D eigenvalue weighted by Gasteiger charge is -2.09. The third kappa shape index (κ3) is 6.23. The molecule has 164 valence electrons. The van der Waals surface area contributed by atoms with E-state index in [9.17, 15) is 9.90 Å². The van der Waals surface area contributed by atoms with Crippen LogP contribution in [-0.4, -0.2) is 30.8 Å². The van der Waals surface area contributed by atoms with Crippen molar-refractivity contribution in [3.05, 3.63) is 65.5 Å². The van der Waals surface area contributed by atoms with Crippen LogP contribution in [-0.2, 0) is 19.4 Å². The van der Waals surface area contributed by atoms with Gasteiger partial charge in [-0.3, -0.25) is 4.98 Å². The Kier molecular flexibility index (Phi) is 8.33. The summed E-state index contributed by atoms with van der Waals surface area (Å²) in [5, 5.41) is 14.2. The van der Waals surface area contributed by atoms with E-state index in [1.54, 1.807) is 6.20 Å². The minimum absolute atomic E-state index is 0.258. The van der Waals surface area contributed by atoms with Crippen molar-refractivity contribution in [3.8, 4) is 11.1 Å². The molecule has 3 rings (SSSR count). The number of hydrogen-bond donors (Lipinski definition) is 1. The van der Waals surface area contributed by atoms with Gasteiger partial charge in [0.15, 0.2) is 5.82 Å². The number of unbranched alkanes of at least 4 members (excludes halogenated alkanes) is 4. The van der Waals surface area contributed by atoms with Crippen LogP contribution < -0.4 is 0 Å². The van der Waals surface area contributed by atoms with Crippen LogP contribution in [0.1, 0.15) is 79.9 Å². The minimum Gasteiger partial charge on any atom is -0.478 e. The van der Waals surface area contributed by atoms with Crippen LogP contribution in [0.15, 0.2) is 42.7 Å². The second-order valence-corrected chi connectivity index (χ2v) is 7.94. The first-order valence-corrected chi connectivity index (χ1v) is 11.3. The Bertz CT molecular complexity index is 979. The smallest absolute Gasteiger partial charge is 0.336 e. The Morgan fingerprint density at radius 3 is 2.35 bits per heavy atom. The van der Waals surface area contributed by atoms with Crippen LogP contribution in [0.4, 0.5) is 0 Å². The summed E-state index contributed by atoms with van der Waals surface area (Å²) in [5.41, 5.74) is 2.84. The molecule has 0 aliphatic rings. The van der Waals surface area contributed by atoms with Gasteiger partial charge >= 0.3 is 5.97 Å². The van der Waals surface area contributed by atoms with Crippen LogP contribution in [0.25, 0.3) is 11.1 Å². The van der Waals surface area contributed by atoms with Gasteiger partial charge in [0.25, 0.3) is 0 Å². The zero-order chi connectivity index (χ0) is 22.1. The molecular formula is C25H32N4O2. The maximum Gasteiger partial charge on any atom is 0.336 e. The largest absolute Gasteiger partial charge is 0.478 e. The van der Waals surface area contributed by atoms with Crippen molar-refractivity contribution in [2.75, 3.05) is 0 Å². The highest BCUT2D eigenvalue weighted by molar-refractivity contribution is 5.95. The molecule has 1 aromatic carbocycles. The fourth-order valence-electron chi connectivity index (χ4n) is 3.68. The van der Waals surface area contributed by atoms with E-state index >= 15 is 0 Å². The number of aryl methyl sites for hydroxylation is 2. The van der Waals surface area contributed by atoms with Gasteiger partial charge in [-0.1, -0.05) is 63.8 Å². The Labute approximate surface area is 184 Å². The van der Waals surface area contributed by atoms with Crippen molar-refractivity contribution in [2.45, 2.75) is 71.8 Å². The molecule has 2 heterocycles. The van der Waals surface area contributed by atoms with E-state index in [1.807, 2.05) is 28.9 Å². The normalized spacial score (nSPS) is 11.0. The lowest BCUT2D eigenvalue weighted by molar-refractivity contribution is 0.0697. The molecule has 0 bridgehead atoms. The van der Waals surface area contributed by atoms with Crippen LogP contribution in [0.2, 0.25) is 0 Å². The lowest BCUT2D eigenvalue weighted by atomic mass is 10.0. The molecule has 31 heavy (non-hydrogen) atoms. The van der Waals surface area contributed by atoms with E-state index in [4.69, 9.17) is 10.1 Å². The highest BCUT2D eigenvalue weighted by Gasteiger charge is 2.13. The molecule has 0 atom stereocenters. The van der Waals surface area contributed by atoms with Crippen LogP contribution in [0, 0.1) is 0 Å². The van der Waals surface area contributed by atoms with Crippen LogP contribution in [0.3, 0.4) is 0 Å². The summed E-state index contributed by atoms with van der Waals surface area (Å²) >= 11 is 0. The van der Waals surface area contributed by atoms with Gasteiger partial charge in [0.05, 0.1) is 12.1 Å². The predicted molar refractivity (Wildman–Crippen MR) is 122 cm³/mol. The van der Waals surface area contributed by atoms with E-state index in [2.05, 4.69) is 18.8 Å². The first-order valence-electron chi connectivity index (χ1n) is 11.3. The number of aromatic nitrogens is 4. The number of pyridine rings is 1. The van der Waals surface area contributed by atoms with Crippen molar-refractivity contribution >= 4 is 5.97 Å². The zero-order valence-electron chi connectivity index (χ0n) is 18.5. The number of carboxylic acids is 1. The van der Waals surface area contributed by atoms with Crippen molar-refractivity contribution in [1.29, 1.82) is 0 Å². The van der Waals surface area contributed by atoms with Gasteiger partial charge in [-0.15, -0.1) is 0 Å². The Morgan fingerprint density at radius 1 is 0.968 bits per heavy atom. The van der Waals surface area contributed by atoms with Gasteiger partial charge in [-0.05, 0) is 30.0 Å². The summed E-state index contributed by atoms with van der Waals surface area (Å²) in [6.45, 7) is 5.08. The van der Waals surface area contributed by atoms with E-state index in [0.29, 0.717) is 12.1 Å². The molecule has 6 heteroatoms. The molecule has 0 saturated heterocycles. The summed E-state index contributed by atoms with van der Waals surface area (Å²) in [6.07, 6.45) is 12.0. The van der Waals surface area contributed by atoms with Gasteiger partial charge < -0.3 is 5.11 Å². The predicted octanol–water partition coefficient (Wildman–Crippen LogP) is 5.55. The van der Waals surface area contributed by atoms with Crippen LogP contribution >= 0.6 is 0 Å². The van der Waals surface area contributed by atoms with Gasteiger partial charge in [-0.2, -0.15) is 5.10 Å². The SMILES string of the molecule is CCCCCc1nc(CCCCC)n(Cc2ccc(-c3cnccc3C(=O)O)cc2)n1. The monoisotopic (exact) mass is 420 g/mol. The molecule has 0 spiro atoms. The topological polar surface area (TPSA) is 80.9 Å². The summed E-state index contributed by atoms with van der Waals surface area (Å²) in [4.78, 5) is 20.4. The van der Waals surface area contributed by atoms with Crippen molar-refractivity contribution in [1.82, 2.24) is 19.7 Å². The fraction of sp³-hybridized carbons (Fsp3) is 0.440. The number of aromatic carboxylic acids is 1. The maximum absolute atomic E-state index is 11.5. The molecule has 2 aromatic heterocycles. The molecular weight excluding hydrogens is 388 g/mol. The number of benzene rings is 1. The molecule has 0 aliphatic heterocycles. The molecule has 3 aromatic rings. The third-order valence-corrected chi connectivity index (χ3v) is 5.45. The van der Waals surface area contributed by atoms with Gasteiger partial charge in [0, 0.05) is 30.8 Å². The zero-order valence-corrected chi connectivity index (χ0v) is 18.5. The molecule has 0 radical (unpaired) electrons. The van der Waals surface area contributed by atoms with Crippen molar-refractivity contribution in [2.24, 2.45) is 0 Å². The number of carbonyl (C=O) groups is 1. The number of nitrogens with zero attached hydrogens (tertiary/aromatic N) is 4. The van der Waals surface area contributed by atoms with Gasteiger partial charge in [-0.25, -0.2) is 14.5 Å². The Balaban J connectivity index is 1.77. The highest BCUT2D eigenvalue weighted by Crippen LogP contribution is 2.23. The van der Waals surface area contributed by atoms with E-state index in [1.165, 1.54) is 37.9 Å². The highest BCUT2D eigenvalue weighted by atomic mass is 16.4. The first kappa shape index (κ1) is 22.7. The van der Waals surface area contributed by atoms with Crippen LogP contribution in [0.5, 0.6) is 0 Å². The Morgan fingerprint density at radius 2 is 1.68 bits per heavy atom. The lowest BCUT2D eigenvalue weighted by Crippen LogP contribution is -2.07. The average Bonchev–Trinajstić information content (AvgIpc) is 3.16. The van der Waals surface area contributed by atoms with E-state index < -0.39 is 5.97 Å². The molecule has 0 amide bonds. The third-order valence-electron chi connectivity index (χ3n) is 5.45. The summed E-state index contributed by atoms with van der Waals surface area (Å²) in [6, 6.07) is 9.50. The summed E-state index contributed by atoms with van der Waals surface area (Å²) in [7, 11) is 0. The van der Waals surface area contributed by atoms with E-state index in [0.717, 1.165) is 48.5 Å². The number of rotatable bonds is 12. The molecule has 6 nitrogen and oxygen atoms in total. The number of carboxylic acid groups (broad SMARTS) is 1. The Hall–Kier alpha value is -3.02. The first-order chi connectivity index (χ1) is 15.1. The second-order valence-electron chi connectivity index (χ2n) is 7.94. The quantitative estimate of drug-likeness (QED) is 0.388. The molecule has 0 aliphatic carbocycles. The molecule has 0 saturated carbocycles. The summed E-state index contributed by atoms with van der Waals surface area (Å²) in [5.74, 6) is 1.05. The second kappa shape index (κ2) is 11.4. The minimum atomic E-state index is -0.948. The van der Waals surface area contributed by atoms with Gasteiger partial charge in [0.1, 0.15) is 5.82 Å². The molecule has 1 N–H and O–H groups in total. The van der Waals surface area contributed by atoms with Crippen molar-refractivity contribution < 1.29 is 9.90 Å². The number of hydrogen-bond acceptors (Lipinski definition) is 4. The van der Waals surface area contributed by atoms with Gasteiger partial charge in [0.2, 0.25) is 0 Å².